The zero-order valence-corrected chi connectivity index (χ0v) is 9.72. The van der Waals surface area contributed by atoms with Crippen LogP contribution in [0.2, 0.25) is 0 Å². The smallest absolute Gasteiger partial charge is 0.299 e. The van der Waals surface area contributed by atoms with E-state index in [4.69, 9.17) is 14.2 Å². The van der Waals surface area contributed by atoms with Gasteiger partial charge in [-0.15, -0.1) is 0 Å². The van der Waals surface area contributed by atoms with Gasteiger partial charge in [-0.05, 0) is 5.56 Å². The second-order valence-electron chi connectivity index (χ2n) is 4.63. The van der Waals surface area contributed by atoms with Gasteiger partial charge < -0.3 is 14.2 Å². The van der Waals surface area contributed by atoms with Crippen molar-refractivity contribution in [2.24, 2.45) is 0 Å². The third-order valence-corrected chi connectivity index (χ3v) is 3.30. The second-order valence-corrected chi connectivity index (χ2v) is 4.63. The molecule has 0 amide bonds. The van der Waals surface area contributed by atoms with E-state index in [1.807, 2.05) is 30.3 Å². The van der Waals surface area contributed by atoms with Crippen LogP contribution in [0.5, 0.6) is 0 Å². The summed E-state index contributed by atoms with van der Waals surface area (Å²) in [6.07, 6.45) is -2.22. The van der Waals surface area contributed by atoms with Gasteiger partial charge in [0.05, 0.1) is 13.2 Å². The number of benzene rings is 1. The van der Waals surface area contributed by atoms with Gasteiger partial charge in [-0.1, -0.05) is 30.3 Å². The normalized spacial score (nSPS) is 33.6. The lowest BCUT2D eigenvalue weighted by molar-refractivity contribution is -0.101. The molecule has 0 saturated carbocycles. The van der Waals surface area contributed by atoms with E-state index in [0.717, 1.165) is 5.56 Å². The maximum atomic E-state index is 13.3. The van der Waals surface area contributed by atoms with Crippen molar-refractivity contribution in [1.29, 1.82) is 0 Å². The largest absolute Gasteiger partial charge is 0.368 e. The maximum Gasteiger partial charge on any atom is 0.299 e. The van der Waals surface area contributed by atoms with E-state index in [-0.39, 0.29) is 6.61 Å². The zero-order valence-electron chi connectivity index (χ0n) is 9.72. The minimum absolute atomic E-state index is 0.164. The summed E-state index contributed by atoms with van der Waals surface area (Å²) in [5.74, 6) is -2.89. The fraction of sp³-hybridized carbons (Fsp3) is 0.538. The first-order valence-electron chi connectivity index (χ1n) is 5.93. The predicted molar refractivity (Wildman–Crippen MR) is 59.4 cm³/mol. The molecule has 1 aromatic rings. The SMILES string of the molecule is FC1(F)CO[C@@H]2[C@H](OCc3ccccc3)CO[C@@H]21. The molecule has 0 bridgehead atoms. The van der Waals surface area contributed by atoms with Crippen molar-refractivity contribution in [1.82, 2.24) is 0 Å². The predicted octanol–water partition coefficient (Wildman–Crippen LogP) is 2.00. The Bertz CT molecular complexity index is 410. The lowest BCUT2D eigenvalue weighted by atomic mass is 10.1. The quantitative estimate of drug-likeness (QED) is 0.828. The molecule has 18 heavy (non-hydrogen) atoms. The van der Waals surface area contributed by atoms with Gasteiger partial charge in [0, 0.05) is 0 Å². The first-order valence-corrected chi connectivity index (χ1v) is 5.93. The molecule has 3 atom stereocenters. The van der Waals surface area contributed by atoms with Crippen LogP contribution in [0.4, 0.5) is 8.78 Å². The Kier molecular flexibility index (Phi) is 3.05. The molecule has 2 heterocycles. The van der Waals surface area contributed by atoms with Crippen LogP contribution in [0.15, 0.2) is 30.3 Å². The Labute approximate surface area is 104 Å². The van der Waals surface area contributed by atoms with Gasteiger partial charge in [0.15, 0.2) is 6.10 Å². The Morgan fingerprint density at radius 2 is 2.00 bits per heavy atom. The van der Waals surface area contributed by atoms with Crippen LogP contribution in [-0.4, -0.2) is 37.4 Å². The Morgan fingerprint density at radius 1 is 1.22 bits per heavy atom. The van der Waals surface area contributed by atoms with E-state index in [0.29, 0.717) is 6.61 Å². The van der Waals surface area contributed by atoms with Crippen molar-refractivity contribution >= 4 is 0 Å². The highest BCUT2D eigenvalue weighted by molar-refractivity contribution is 5.13. The molecule has 98 valence electrons. The molecule has 0 radical (unpaired) electrons. The molecule has 5 heteroatoms. The van der Waals surface area contributed by atoms with Crippen LogP contribution in [0.25, 0.3) is 0 Å². The van der Waals surface area contributed by atoms with E-state index >= 15 is 0 Å². The molecule has 0 aromatic heterocycles. The summed E-state index contributed by atoms with van der Waals surface area (Å²) in [7, 11) is 0. The molecule has 0 unspecified atom stereocenters. The number of halogens is 2. The monoisotopic (exact) mass is 256 g/mol. The third-order valence-electron chi connectivity index (χ3n) is 3.30. The average Bonchev–Trinajstić information content (AvgIpc) is 2.90. The van der Waals surface area contributed by atoms with Gasteiger partial charge in [-0.25, -0.2) is 8.78 Å². The highest BCUT2D eigenvalue weighted by Crippen LogP contribution is 2.38. The number of hydrogen-bond acceptors (Lipinski definition) is 3. The molecule has 0 aliphatic carbocycles. The summed E-state index contributed by atoms with van der Waals surface area (Å²) in [5, 5.41) is 0. The minimum atomic E-state index is -2.89. The van der Waals surface area contributed by atoms with Crippen LogP contribution < -0.4 is 0 Å². The highest BCUT2D eigenvalue weighted by Gasteiger charge is 2.58. The van der Waals surface area contributed by atoms with Gasteiger partial charge in [0.25, 0.3) is 5.92 Å². The number of fused-ring (bicyclic) bond motifs is 1. The summed E-state index contributed by atoms with van der Waals surface area (Å²) in [5.41, 5.74) is 1.01. The lowest BCUT2D eigenvalue weighted by Crippen LogP contribution is -2.36. The van der Waals surface area contributed by atoms with Crippen LogP contribution in [0, 0.1) is 0 Å². The first-order chi connectivity index (χ1) is 8.67. The standard InChI is InChI=1S/C13H14F2O3/c14-13(15)8-18-11-10(7-17-12(11)13)16-6-9-4-2-1-3-5-9/h1-5,10-12H,6-8H2/t10-,11-,12+/m1/s1. The van der Waals surface area contributed by atoms with Crippen LogP contribution in [0.1, 0.15) is 5.56 Å². The molecule has 1 aromatic carbocycles. The van der Waals surface area contributed by atoms with E-state index in [1.165, 1.54) is 0 Å². The van der Waals surface area contributed by atoms with E-state index in [9.17, 15) is 8.78 Å². The summed E-state index contributed by atoms with van der Waals surface area (Å²) in [6.45, 7) is -0.0295. The zero-order chi connectivity index (χ0) is 12.6. The average molecular weight is 256 g/mol. The number of rotatable bonds is 3. The Hall–Kier alpha value is -1.04. The van der Waals surface area contributed by atoms with Gasteiger partial charge in [0.1, 0.15) is 18.8 Å². The molecule has 0 N–H and O–H groups in total. The van der Waals surface area contributed by atoms with Gasteiger partial charge >= 0.3 is 0 Å². The van der Waals surface area contributed by atoms with E-state index < -0.39 is 30.8 Å². The Balaban J connectivity index is 1.59. The molecule has 3 rings (SSSR count). The number of ether oxygens (including phenoxy) is 3. The van der Waals surface area contributed by atoms with Crippen molar-refractivity contribution in [2.75, 3.05) is 13.2 Å². The molecule has 3 nitrogen and oxygen atoms in total. The van der Waals surface area contributed by atoms with Crippen molar-refractivity contribution in [2.45, 2.75) is 30.8 Å². The van der Waals surface area contributed by atoms with Crippen molar-refractivity contribution < 1.29 is 23.0 Å². The summed E-state index contributed by atoms with van der Waals surface area (Å²) < 4.78 is 42.5. The van der Waals surface area contributed by atoms with Crippen LogP contribution >= 0.6 is 0 Å². The van der Waals surface area contributed by atoms with E-state index in [2.05, 4.69) is 0 Å². The highest BCUT2D eigenvalue weighted by atomic mass is 19.3. The fourth-order valence-electron chi connectivity index (χ4n) is 2.35. The molecule has 2 fully saturated rings. The summed E-state index contributed by atoms with van der Waals surface area (Å²) in [4.78, 5) is 0. The lowest BCUT2D eigenvalue weighted by Gasteiger charge is -2.16. The van der Waals surface area contributed by atoms with Gasteiger partial charge in [-0.3, -0.25) is 0 Å². The molecule has 2 aliphatic rings. The van der Waals surface area contributed by atoms with Crippen molar-refractivity contribution in [3.63, 3.8) is 0 Å². The number of alkyl halides is 2. The molecule has 2 aliphatic heterocycles. The van der Waals surface area contributed by atoms with Gasteiger partial charge in [0.2, 0.25) is 0 Å². The van der Waals surface area contributed by atoms with Crippen molar-refractivity contribution in [3.05, 3.63) is 35.9 Å². The number of hydrogen-bond donors (Lipinski definition) is 0. The summed E-state index contributed by atoms with van der Waals surface area (Å²) >= 11 is 0. The maximum absolute atomic E-state index is 13.3. The first kappa shape index (κ1) is 12.0. The molecule has 2 saturated heterocycles. The van der Waals surface area contributed by atoms with Crippen molar-refractivity contribution in [3.8, 4) is 0 Å². The van der Waals surface area contributed by atoms with Crippen LogP contribution in [0.3, 0.4) is 0 Å². The van der Waals surface area contributed by atoms with E-state index in [1.54, 1.807) is 0 Å². The minimum Gasteiger partial charge on any atom is -0.368 e. The van der Waals surface area contributed by atoms with Crippen LogP contribution in [-0.2, 0) is 20.8 Å². The third kappa shape index (κ3) is 2.13. The topological polar surface area (TPSA) is 27.7 Å². The molecule has 0 spiro atoms. The molecular weight excluding hydrogens is 242 g/mol. The van der Waals surface area contributed by atoms with Gasteiger partial charge in [-0.2, -0.15) is 0 Å². The fourth-order valence-corrected chi connectivity index (χ4v) is 2.35. The summed E-state index contributed by atoms with van der Waals surface area (Å²) in [6, 6.07) is 9.59. The second kappa shape index (κ2) is 4.57. The molecular formula is C13H14F2O3. The Morgan fingerprint density at radius 3 is 2.78 bits per heavy atom.